The van der Waals surface area contributed by atoms with Crippen molar-refractivity contribution < 1.29 is 0 Å². The molecule has 106 valence electrons. The van der Waals surface area contributed by atoms with E-state index < -0.39 is 0 Å². The number of anilines is 1. The topological polar surface area (TPSA) is 24.1 Å². The number of para-hydroxylation sites is 1. The largest absolute Gasteiger partial charge is 0.384 e. The maximum atomic E-state index is 3.65. The summed E-state index contributed by atoms with van der Waals surface area (Å²) < 4.78 is 0. The molecule has 0 atom stereocenters. The molecule has 2 nitrogen and oxygen atoms in total. The van der Waals surface area contributed by atoms with Crippen LogP contribution in [0.25, 0.3) is 0 Å². The van der Waals surface area contributed by atoms with Gasteiger partial charge in [0, 0.05) is 18.8 Å². The van der Waals surface area contributed by atoms with Crippen molar-refractivity contribution in [1.82, 2.24) is 5.32 Å². The van der Waals surface area contributed by atoms with Gasteiger partial charge in [0.15, 0.2) is 0 Å². The van der Waals surface area contributed by atoms with Gasteiger partial charge < -0.3 is 10.6 Å². The quantitative estimate of drug-likeness (QED) is 0.815. The number of hydrogen-bond acceptors (Lipinski definition) is 2. The van der Waals surface area contributed by atoms with E-state index in [-0.39, 0.29) is 0 Å². The van der Waals surface area contributed by atoms with E-state index in [2.05, 4.69) is 56.5 Å². The Morgan fingerprint density at radius 1 is 1.16 bits per heavy atom. The highest BCUT2D eigenvalue weighted by molar-refractivity contribution is 5.61. The van der Waals surface area contributed by atoms with E-state index in [1.165, 1.54) is 23.2 Å². The third-order valence-electron chi connectivity index (χ3n) is 4.34. The number of fused-ring (bicyclic) bond motifs is 1. The average molecular weight is 260 g/mol. The van der Waals surface area contributed by atoms with E-state index in [0.29, 0.717) is 0 Å². The fourth-order valence-electron chi connectivity index (χ4n) is 3.17. The summed E-state index contributed by atoms with van der Waals surface area (Å²) in [5.41, 5.74) is 4.27. The fraction of sp³-hybridized carbons (Fsp3) is 0.647. The smallest absolute Gasteiger partial charge is 0.0419 e. The van der Waals surface area contributed by atoms with Gasteiger partial charge in [-0.25, -0.2) is 0 Å². The van der Waals surface area contributed by atoms with Crippen LogP contribution in [0.2, 0.25) is 0 Å². The van der Waals surface area contributed by atoms with Crippen LogP contribution >= 0.6 is 0 Å². The van der Waals surface area contributed by atoms with Gasteiger partial charge in [-0.1, -0.05) is 45.9 Å². The van der Waals surface area contributed by atoms with Crippen LogP contribution < -0.4 is 10.6 Å². The van der Waals surface area contributed by atoms with Crippen molar-refractivity contribution in [3.05, 3.63) is 29.3 Å². The average Bonchev–Trinajstić information content (AvgIpc) is 2.82. The molecule has 2 N–H and O–H groups in total. The Balaban J connectivity index is 1.91. The van der Waals surface area contributed by atoms with Crippen LogP contribution in [0, 0.1) is 17.8 Å². The van der Waals surface area contributed by atoms with Gasteiger partial charge >= 0.3 is 0 Å². The predicted octanol–water partition coefficient (Wildman–Crippen LogP) is 3.67. The molecule has 0 unspecified atom stereocenters. The Morgan fingerprint density at radius 2 is 1.89 bits per heavy atom. The Labute approximate surface area is 118 Å². The lowest BCUT2D eigenvalue weighted by Crippen LogP contribution is -2.29. The molecule has 1 aliphatic heterocycles. The summed E-state index contributed by atoms with van der Waals surface area (Å²) in [6.45, 7) is 12.5. The molecule has 1 aliphatic rings. The molecule has 0 spiro atoms. The van der Waals surface area contributed by atoms with Crippen molar-refractivity contribution in [3.63, 3.8) is 0 Å². The second-order valence-electron chi connectivity index (χ2n) is 6.41. The Bertz CT molecular complexity index is 402. The zero-order chi connectivity index (χ0) is 13.8. The second kappa shape index (κ2) is 6.42. The first-order valence-electron chi connectivity index (χ1n) is 7.65. The maximum absolute atomic E-state index is 3.65. The molecule has 0 aromatic heterocycles. The van der Waals surface area contributed by atoms with Crippen molar-refractivity contribution in [3.8, 4) is 0 Å². The third kappa shape index (κ3) is 3.50. The van der Waals surface area contributed by atoms with Crippen molar-refractivity contribution in [2.45, 2.75) is 40.7 Å². The summed E-state index contributed by atoms with van der Waals surface area (Å²) in [5, 5.41) is 7.17. The van der Waals surface area contributed by atoms with E-state index in [9.17, 15) is 0 Å². The molecular weight excluding hydrogens is 232 g/mol. The molecule has 2 heteroatoms. The molecular formula is C17H28N2. The molecule has 0 saturated carbocycles. The molecule has 19 heavy (non-hydrogen) atoms. The van der Waals surface area contributed by atoms with Gasteiger partial charge in [-0.2, -0.15) is 0 Å². The summed E-state index contributed by atoms with van der Waals surface area (Å²) in [6, 6.07) is 6.67. The maximum Gasteiger partial charge on any atom is 0.0419 e. The molecule has 0 amide bonds. The monoisotopic (exact) mass is 260 g/mol. The molecule has 0 radical (unpaired) electrons. The van der Waals surface area contributed by atoms with Crippen molar-refractivity contribution >= 4 is 5.69 Å². The minimum Gasteiger partial charge on any atom is -0.384 e. The molecule has 2 rings (SSSR count). The van der Waals surface area contributed by atoms with Gasteiger partial charge in [0.2, 0.25) is 0 Å². The van der Waals surface area contributed by atoms with Gasteiger partial charge in [-0.3, -0.25) is 0 Å². The first-order valence-corrected chi connectivity index (χ1v) is 7.65. The minimum absolute atomic E-state index is 0.743. The summed E-state index contributed by atoms with van der Waals surface area (Å²) in [5.74, 6) is 2.24. The molecule has 0 fully saturated rings. The van der Waals surface area contributed by atoms with Gasteiger partial charge in [0.1, 0.15) is 0 Å². The van der Waals surface area contributed by atoms with Crippen LogP contribution in [-0.4, -0.2) is 13.1 Å². The van der Waals surface area contributed by atoms with E-state index in [0.717, 1.165) is 37.4 Å². The normalized spacial score (nSPS) is 14.3. The molecule has 0 bridgehead atoms. The first kappa shape index (κ1) is 14.4. The highest BCUT2D eigenvalue weighted by atomic mass is 14.9. The lowest BCUT2D eigenvalue weighted by atomic mass is 9.85. The van der Waals surface area contributed by atoms with Crippen molar-refractivity contribution in [1.29, 1.82) is 0 Å². The van der Waals surface area contributed by atoms with Gasteiger partial charge in [0.05, 0.1) is 0 Å². The molecule has 1 aromatic carbocycles. The van der Waals surface area contributed by atoms with Crippen LogP contribution in [0.15, 0.2) is 18.2 Å². The molecule has 0 aliphatic carbocycles. The second-order valence-corrected chi connectivity index (χ2v) is 6.41. The molecule has 1 aromatic rings. The highest BCUT2D eigenvalue weighted by Gasteiger charge is 2.18. The van der Waals surface area contributed by atoms with Crippen LogP contribution in [0.1, 0.15) is 38.8 Å². The summed E-state index contributed by atoms with van der Waals surface area (Å²) >= 11 is 0. The Kier molecular flexibility index (Phi) is 4.87. The van der Waals surface area contributed by atoms with E-state index >= 15 is 0 Å². The van der Waals surface area contributed by atoms with E-state index in [4.69, 9.17) is 0 Å². The van der Waals surface area contributed by atoms with Gasteiger partial charge in [-0.15, -0.1) is 0 Å². The van der Waals surface area contributed by atoms with Crippen LogP contribution in [0.4, 0.5) is 5.69 Å². The summed E-state index contributed by atoms with van der Waals surface area (Å²) in [7, 11) is 0. The number of rotatable bonds is 6. The summed E-state index contributed by atoms with van der Waals surface area (Å²) in [6.07, 6.45) is 1.17. The Hall–Kier alpha value is -1.02. The molecule has 1 heterocycles. The SMILES string of the molecule is CC(C)C(CNCc1cccc2c1NCC2)C(C)C. The number of benzene rings is 1. The first-order chi connectivity index (χ1) is 9.09. The van der Waals surface area contributed by atoms with E-state index in [1.807, 2.05) is 0 Å². The highest BCUT2D eigenvalue weighted by Crippen LogP contribution is 2.26. The number of hydrogen-bond donors (Lipinski definition) is 2. The Morgan fingerprint density at radius 3 is 2.58 bits per heavy atom. The van der Waals surface area contributed by atoms with Crippen molar-refractivity contribution in [2.75, 3.05) is 18.4 Å². The zero-order valence-corrected chi connectivity index (χ0v) is 12.8. The number of nitrogens with one attached hydrogen (secondary N) is 2. The lowest BCUT2D eigenvalue weighted by Gasteiger charge is -2.25. The summed E-state index contributed by atoms with van der Waals surface area (Å²) in [4.78, 5) is 0. The van der Waals surface area contributed by atoms with Crippen LogP contribution in [-0.2, 0) is 13.0 Å². The zero-order valence-electron chi connectivity index (χ0n) is 12.8. The van der Waals surface area contributed by atoms with Crippen LogP contribution in [0.5, 0.6) is 0 Å². The van der Waals surface area contributed by atoms with Crippen LogP contribution in [0.3, 0.4) is 0 Å². The van der Waals surface area contributed by atoms with Gasteiger partial charge in [0.25, 0.3) is 0 Å². The fourth-order valence-corrected chi connectivity index (χ4v) is 3.17. The minimum atomic E-state index is 0.743. The standard InChI is InChI=1S/C17H28N2/c1-12(2)16(13(3)4)11-18-10-15-7-5-6-14-8-9-19-17(14)15/h5-7,12-13,16,18-19H,8-11H2,1-4H3. The molecule has 0 saturated heterocycles. The third-order valence-corrected chi connectivity index (χ3v) is 4.34. The lowest BCUT2D eigenvalue weighted by molar-refractivity contribution is 0.275. The van der Waals surface area contributed by atoms with E-state index in [1.54, 1.807) is 0 Å². The predicted molar refractivity (Wildman–Crippen MR) is 83.5 cm³/mol. The van der Waals surface area contributed by atoms with Crippen molar-refractivity contribution in [2.24, 2.45) is 17.8 Å². The van der Waals surface area contributed by atoms with Gasteiger partial charge in [-0.05, 0) is 41.8 Å².